The van der Waals surface area contributed by atoms with Crippen molar-refractivity contribution in [2.45, 2.75) is 32.2 Å². The summed E-state index contributed by atoms with van der Waals surface area (Å²) in [5.41, 5.74) is 5.09. The van der Waals surface area contributed by atoms with E-state index >= 15 is 0 Å². The van der Waals surface area contributed by atoms with Crippen LogP contribution in [0.1, 0.15) is 30.5 Å². The van der Waals surface area contributed by atoms with Crippen molar-refractivity contribution in [3.63, 3.8) is 0 Å². The van der Waals surface area contributed by atoms with Gasteiger partial charge in [0.2, 0.25) is 0 Å². The van der Waals surface area contributed by atoms with E-state index < -0.39 is 0 Å². The molecule has 3 rings (SSSR count). The van der Waals surface area contributed by atoms with Crippen molar-refractivity contribution >= 4 is 5.71 Å². The molecule has 1 N–H and O–H groups in total. The van der Waals surface area contributed by atoms with Crippen LogP contribution in [0.4, 0.5) is 0 Å². The first kappa shape index (κ1) is 15.6. The highest BCUT2D eigenvalue weighted by atomic mass is 16.5. The normalized spacial score (nSPS) is 15.6. The van der Waals surface area contributed by atoms with Gasteiger partial charge in [-0.25, -0.2) is 4.99 Å². The fraction of sp³-hybridized carbons (Fsp3) is 0.350. The summed E-state index contributed by atoms with van der Waals surface area (Å²) in [6.45, 7) is 4.47. The van der Waals surface area contributed by atoms with E-state index in [1.165, 1.54) is 22.4 Å². The van der Waals surface area contributed by atoms with E-state index in [-0.39, 0.29) is 5.54 Å². The second kappa shape index (κ2) is 6.07. The molecule has 0 aromatic heterocycles. The van der Waals surface area contributed by atoms with Gasteiger partial charge in [-0.15, -0.1) is 0 Å². The number of rotatable bonds is 4. The van der Waals surface area contributed by atoms with Gasteiger partial charge in [0.05, 0.1) is 20.6 Å². The number of ether oxygens (including phenoxy) is 2. The second-order valence-corrected chi connectivity index (χ2v) is 6.69. The highest BCUT2D eigenvalue weighted by Gasteiger charge is 2.33. The monoisotopic (exact) mass is 310 g/mol. The van der Waals surface area contributed by atoms with Crippen molar-refractivity contribution in [1.29, 1.82) is 0 Å². The van der Waals surface area contributed by atoms with Crippen LogP contribution < -0.4 is 14.5 Å². The zero-order chi connectivity index (χ0) is 16.4. The third-order valence-corrected chi connectivity index (χ3v) is 4.28. The minimum atomic E-state index is 0.0245. The lowest BCUT2D eigenvalue weighted by Gasteiger charge is -2.25. The molecule has 0 saturated heterocycles. The first-order valence-electron chi connectivity index (χ1n) is 7.95. The Balaban J connectivity index is 2.07. The minimum absolute atomic E-state index is 0.0245. The Morgan fingerprint density at radius 2 is 1.65 bits per heavy atom. The van der Waals surface area contributed by atoms with Gasteiger partial charge in [0.15, 0.2) is 22.7 Å². The van der Waals surface area contributed by atoms with Crippen LogP contribution in [0.25, 0.3) is 0 Å². The molecule has 1 aliphatic rings. The fourth-order valence-corrected chi connectivity index (χ4v) is 3.28. The molecular formula is C20H24NO2+. The van der Waals surface area contributed by atoms with Crippen LogP contribution >= 0.6 is 0 Å². The maximum atomic E-state index is 5.49. The van der Waals surface area contributed by atoms with E-state index in [0.717, 1.165) is 24.3 Å². The van der Waals surface area contributed by atoms with Crippen LogP contribution in [0.5, 0.6) is 11.5 Å². The SMILES string of the molecule is COc1cc2c(cc1OC)C(Cc1ccccc1)=[NH+]C(C)(C)C2. The molecule has 0 saturated carbocycles. The van der Waals surface area contributed by atoms with Crippen molar-refractivity contribution in [1.82, 2.24) is 0 Å². The molecule has 3 heteroatoms. The maximum absolute atomic E-state index is 5.49. The smallest absolute Gasteiger partial charge is 0.186 e. The highest BCUT2D eigenvalue weighted by molar-refractivity contribution is 6.00. The number of hydrogen-bond donors (Lipinski definition) is 1. The Labute approximate surface area is 138 Å². The lowest BCUT2D eigenvalue weighted by atomic mass is 9.85. The average molecular weight is 310 g/mol. The Morgan fingerprint density at radius 1 is 1.00 bits per heavy atom. The van der Waals surface area contributed by atoms with Gasteiger partial charge in [-0.3, -0.25) is 0 Å². The van der Waals surface area contributed by atoms with Crippen LogP contribution in [0.2, 0.25) is 0 Å². The summed E-state index contributed by atoms with van der Waals surface area (Å²) < 4.78 is 11.0. The lowest BCUT2D eigenvalue weighted by Crippen LogP contribution is -2.88. The van der Waals surface area contributed by atoms with E-state index in [2.05, 4.69) is 55.2 Å². The zero-order valence-electron chi connectivity index (χ0n) is 14.3. The summed E-state index contributed by atoms with van der Waals surface area (Å²) in [7, 11) is 3.37. The molecular weight excluding hydrogens is 286 g/mol. The van der Waals surface area contributed by atoms with Crippen molar-refractivity contribution in [3.05, 3.63) is 59.2 Å². The fourth-order valence-electron chi connectivity index (χ4n) is 3.28. The molecule has 0 aliphatic carbocycles. The maximum Gasteiger partial charge on any atom is 0.186 e. The molecule has 0 bridgehead atoms. The van der Waals surface area contributed by atoms with Gasteiger partial charge >= 0.3 is 0 Å². The number of benzene rings is 2. The van der Waals surface area contributed by atoms with E-state index in [0.29, 0.717) is 0 Å². The highest BCUT2D eigenvalue weighted by Crippen LogP contribution is 2.33. The summed E-state index contributed by atoms with van der Waals surface area (Å²) in [6, 6.07) is 14.7. The molecule has 0 radical (unpaired) electrons. The van der Waals surface area contributed by atoms with E-state index in [4.69, 9.17) is 9.47 Å². The molecule has 0 spiro atoms. The largest absolute Gasteiger partial charge is 0.493 e. The second-order valence-electron chi connectivity index (χ2n) is 6.69. The Hall–Kier alpha value is -2.29. The van der Waals surface area contributed by atoms with Gasteiger partial charge < -0.3 is 9.47 Å². The predicted octanol–water partition coefficient (Wildman–Crippen LogP) is 2.15. The third-order valence-electron chi connectivity index (χ3n) is 4.28. The summed E-state index contributed by atoms with van der Waals surface area (Å²) in [5.74, 6) is 1.57. The van der Waals surface area contributed by atoms with Gasteiger partial charge in [0.25, 0.3) is 0 Å². The van der Waals surface area contributed by atoms with Gasteiger partial charge in [-0.2, -0.15) is 0 Å². The van der Waals surface area contributed by atoms with Crippen molar-refractivity contribution < 1.29 is 14.5 Å². The van der Waals surface area contributed by atoms with Crippen LogP contribution in [0.15, 0.2) is 42.5 Å². The molecule has 2 aromatic carbocycles. The standard InChI is InChI=1S/C20H23NO2/c1-20(2)13-15-11-18(22-3)19(23-4)12-16(15)17(21-20)10-14-8-6-5-7-9-14/h5-9,11-12H,10,13H2,1-4H3/p+1. The zero-order valence-corrected chi connectivity index (χ0v) is 14.3. The average Bonchev–Trinajstić information content (AvgIpc) is 2.53. The first-order valence-corrected chi connectivity index (χ1v) is 7.95. The van der Waals surface area contributed by atoms with E-state index in [9.17, 15) is 0 Å². The summed E-state index contributed by atoms with van der Waals surface area (Å²) in [4.78, 5) is 3.71. The summed E-state index contributed by atoms with van der Waals surface area (Å²) >= 11 is 0. The van der Waals surface area contributed by atoms with Crippen molar-refractivity contribution in [3.8, 4) is 11.5 Å². The molecule has 0 atom stereocenters. The number of methoxy groups -OCH3 is 2. The van der Waals surface area contributed by atoms with Crippen LogP contribution in [0.3, 0.4) is 0 Å². The molecule has 0 amide bonds. The summed E-state index contributed by atoms with van der Waals surface area (Å²) in [5, 5.41) is 0. The van der Waals surface area contributed by atoms with E-state index in [1.54, 1.807) is 14.2 Å². The van der Waals surface area contributed by atoms with Crippen LogP contribution in [0, 0.1) is 0 Å². The molecule has 0 fully saturated rings. The van der Waals surface area contributed by atoms with Gasteiger partial charge in [0.1, 0.15) is 0 Å². The van der Waals surface area contributed by atoms with E-state index in [1.807, 2.05) is 6.07 Å². The minimum Gasteiger partial charge on any atom is -0.493 e. The Bertz CT molecular complexity index is 733. The van der Waals surface area contributed by atoms with Crippen LogP contribution in [-0.2, 0) is 12.8 Å². The predicted molar refractivity (Wildman–Crippen MR) is 92.5 cm³/mol. The quantitative estimate of drug-likeness (QED) is 0.938. The third kappa shape index (κ3) is 3.24. The first-order chi connectivity index (χ1) is 11.0. The summed E-state index contributed by atoms with van der Waals surface area (Å²) in [6.07, 6.45) is 1.84. The lowest BCUT2D eigenvalue weighted by molar-refractivity contribution is -0.546. The van der Waals surface area contributed by atoms with Gasteiger partial charge in [-0.05, 0) is 23.3 Å². The topological polar surface area (TPSA) is 32.4 Å². The Kier molecular flexibility index (Phi) is 4.12. The number of fused-ring (bicyclic) bond motifs is 1. The molecule has 2 aromatic rings. The van der Waals surface area contributed by atoms with Crippen molar-refractivity contribution in [2.75, 3.05) is 14.2 Å². The molecule has 0 unspecified atom stereocenters. The molecule has 3 nitrogen and oxygen atoms in total. The number of hydrogen-bond acceptors (Lipinski definition) is 2. The molecule has 1 aliphatic heterocycles. The Morgan fingerprint density at radius 3 is 2.30 bits per heavy atom. The van der Waals surface area contributed by atoms with Crippen molar-refractivity contribution in [2.24, 2.45) is 0 Å². The molecule has 1 heterocycles. The van der Waals surface area contributed by atoms with Crippen LogP contribution in [-0.4, -0.2) is 25.5 Å². The van der Waals surface area contributed by atoms with Gasteiger partial charge in [0, 0.05) is 25.8 Å². The molecule has 120 valence electrons. The number of nitrogens with one attached hydrogen (secondary N) is 1. The van der Waals surface area contributed by atoms with Gasteiger partial charge in [-0.1, -0.05) is 30.3 Å². The molecule has 23 heavy (non-hydrogen) atoms.